The first-order valence-corrected chi connectivity index (χ1v) is 8.68. The largest absolute Gasteiger partial charge is 0.508 e. The minimum absolute atomic E-state index is 0.167. The molecule has 1 aromatic heterocycles. The van der Waals surface area contributed by atoms with Crippen molar-refractivity contribution in [1.29, 1.82) is 0 Å². The molecule has 0 bridgehead atoms. The highest BCUT2D eigenvalue weighted by atomic mass is 32.1. The van der Waals surface area contributed by atoms with E-state index in [1.165, 1.54) is 11.3 Å². The Bertz CT molecular complexity index is 927. The van der Waals surface area contributed by atoms with Gasteiger partial charge in [0.25, 0.3) is 5.91 Å². The van der Waals surface area contributed by atoms with E-state index in [9.17, 15) is 9.90 Å². The fourth-order valence-electron chi connectivity index (χ4n) is 2.52. The molecule has 26 heavy (non-hydrogen) atoms. The Balaban J connectivity index is 1.83. The van der Waals surface area contributed by atoms with Gasteiger partial charge in [0.1, 0.15) is 17.2 Å². The molecule has 0 saturated carbocycles. The van der Waals surface area contributed by atoms with Gasteiger partial charge >= 0.3 is 0 Å². The van der Waals surface area contributed by atoms with Gasteiger partial charge in [-0.25, -0.2) is 4.98 Å². The summed E-state index contributed by atoms with van der Waals surface area (Å²) in [7, 11) is 3.09. The third-order valence-electron chi connectivity index (χ3n) is 3.88. The summed E-state index contributed by atoms with van der Waals surface area (Å²) < 4.78 is 10.6. The lowest BCUT2D eigenvalue weighted by Crippen LogP contribution is -2.12. The quantitative estimate of drug-likeness (QED) is 0.707. The number of hydrogen-bond acceptors (Lipinski definition) is 6. The molecule has 3 aromatic rings. The third-order valence-corrected chi connectivity index (χ3v) is 4.64. The van der Waals surface area contributed by atoms with E-state index in [0.717, 1.165) is 11.1 Å². The van der Waals surface area contributed by atoms with E-state index < -0.39 is 0 Å². The number of phenolic OH excluding ortho intramolecular Hbond substituents is 1. The molecule has 0 atom stereocenters. The summed E-state index contributed by atoms with van der Waals surface area (Å²) in [6.45, 7) is 1.86. The molecule has 2 aromatic carbocycles. The molecular formula is C19H18N2O4S. The number of phenols is 1. The molecule has 0 spiro atoms. The molecule has 0 aliphatic heterocycles. The highest BCUT2D eigenvalue weighted by molar-refractivity contribution is 7.14. The number of nitrogens with zero attached hydrogens (tertiary/aromatic N) is 1. The summed E-state index contributed by atoms with van der Waals surface area (Å²) in [4.78, 5) is 17.0. The van der Waals surface area contributed by atoms with Crippen molar-refractivity contribution in [3.8, 4) is 28.5 Å². The molecule has 6 nitrogen and oxygen atoms in total. The van der Waals surface area contributed by atoms with Crippen LogP contribution in [0, 0.1) is 6.92 Å². The van der Waals surface area contributed by atoms with Crippen LogP contribution in [0.5, 0.6) is 17.2 Å². The van der Waals surface area contributed by atoms with Crippen LogP contribution in [0.3, 0.4) is 0 Å². The van der Waals surface area contributed by atoms with Gasteiger partial charge in [-0.3, -0.25) is 10.1 Å². The lowest BCUT2D eigenvalue weighted by Gasteiger charge is -2.12. The van der Waals surface area contributed by atoms with Crippen molar-refractivity contribution >= 4 is 22.4 Å². The van der Waals surface area contributed by atoms with Crippen LogP contribution in [0.4, 0.5) is 5.13 Å². The van der Waals surface area contributed by atoms with Gasteiger partial charge in [0.2, 0.25) is 0 Å². The van der Waals surface area contributed by atoms with E-state index in [-0.39, 0.29) is 11.7 Å². The number of hydrogen-bond donors (Lipinski definition) is 2. The first-order valence-electron chi connectivity index (χ1n) is 7.80. The summed E-state index contributed by atoms with van der Waals surface area (Å²) in [5.74, 6) is 1.02. The molecule has 0 aliphatic carbocycles. The first-order chi connectivity index (χ1) is 12.5. The van der Waals surface area contributed by atoms with Crippen molar-refractivity contribution in [1.82, 2.24) is 4.98 Å². The smallest absolute Gasteiger partial charge is 0.257 e. The molecule has 134 valence electrons. The molecule has 0 unspecified atom stereocenters. The van der Waals surface area contributed by atoms with Gasteiger partial charge in [0.15, 0.2) is 5.13 Å². The number of amides is 1. The second-order valence-corrected chi connectivity index (χ2v) is 6.41. The van der Waals surface area contributed by atoms with Gasteiger partial charge in [-0.15, -0.1) is 11.3 Å². The van der Waals surface area contributed by atoms with Crippen LogP contribution >= 0.6 is 11.3 Å². The van der Waals surface area contributed by atoms with Crippen LogP contribution in [-0.2, 0) is 0 Å². The minimum Gasteiger partial charge on any atom is -0.508 e. The zero-order chi connectivity index (χ0) is 18.7. The number of nitrogens with one attached hydrogen (secondary N) is 1. The number of benzene rings is 2. The maximum absolute atomic E-state index is 12.6. The molecule has 3 rings (SSSR count). The predicted octanol–water partition coefficient (Wildman–Crippen LogP) is 4.09. The Morgan fingerprint density at radius 2 is 1.85 bits per heavy atom. The molecule has 0 saturated heterocycles. The standard InChI is InChI=1S/C19H18N2O4S/c1-11-16(24-2)8-13(9-17(11)25-3)18(23)21-19-20-15(10-26-19)12-5-4-6-14(22)7-12/h4-10,22H,1-3H3,(H,20,21,23). The number of rotatable bonds is 5. The van der Waals surface area contributed by atoms with Crippen molar-refractivity contribution in [2.45, 2.75) is 6.92 Å². The van der Waals surface area contributed by atoms with E-state index in [0.29, 0.717) is 27.9 Å². The van der Waals surface area contributed by atoms with Crippen molar-refractivity contribution < 1.29 is 19.4 Å². The van der Waals surface area contributed by atoms with Gasteiger partial charge < -0.3 is 14.6 Å². The number of ether oxygens (including phenoxy) is 2. The fraction of sp³-hybridized carbons (Fsp3) is 0.158. The lowest BCUT2D eigenvalue weighted by atomic mass is 10.1. The molecule has 2 N–H and O–H groups in total. The topological polar surface area (TPSA) is 80.7 Å². The number of anilines is 1. The van der Waals surface area contributed by atoms with E-state index in [2.05, 4.69) is 10.3 Å². The summed E-state index contributed by atoms with van der Waals surface area (Å²) in [5, 5.41) is 14.6. The Labute approximate surface area is 155 Å². The Kier molecular flexibility index (Phi) is 5.09. The third kappa shape index (κ3) is 3.62. The van der Waals surface area contributed by atoms with Crippen LogP contribution < -0.4 is 14.8 Å². The number of thiazole rings is 1. The van der Waals surface area contributed by atoms with Crippen molar-refractivity contribution in [2.24, 2.45) is 0 Å². The Morgan fingerprint density at radius 3 is 2.46 bits per heavy atom. The van der Waals surface area contributed by atoms with Gasteiger partial charge in [0, 0.05) is 22.1 Å². The Morgan fingerprint density at radius 1 is 1.15 bits per heavy atom. The SMILES string of the molecule is COc1cc(C(=O)Nc2nc(-c3cccc(O)c3)cs2)cc(OC)c1C. The molecule has 1 heterocycles. The van der Waals surface area contributed by atoms with Gasteiger partial charge in [-0.05, 0) is 31.2 Å². The van der Waals surface area contributed by atoms with Crippen LogP contribution in [0.1, 0.15) is 15.9 Å². The Hall–Kier alpha value is -3.06. The maximum Gasteiger partial charge on any atom is 0.257 e. The van der Waals surface area contributed by atoms with Crippen LogP contribution in [-0.4, -0.2) is 30.2 Å². The van der Waals surface area contributed by atoms with Crippen LogP contribution in [0.2, 0.25) is 0 Å². The zero-order valence-electron chi connectivity index (χ0n) is 14.6. The summed E-state index contributed by atoms with van der Waals surface area (Å²) >= 11 is 1.31. The average molecular weight is 370 g/mol. The molecule has 7 heteroatoms. The summed E-state index contributed by atoms with van der Waals surface area (Å²) in [5.41, 5.74) is 2.70. The highest BCUT2D eigenvalue weighted by Crippen LogP contribution is 2.31. The monoisotopic (exact) mass is 370 g/mol. The minimum atomic E-state index is -0.307. The van der Waals surface area contributed by atoms with E-state index >= 15 is 0 Å². The van der Waals surface area contributed by atoms with E-state index in [1.807, 2.05) is 18.4 Å². The van der Waals surface area contributed by atoms with Crippen LogP contribution in [0.25, 0.3) is 11.3 Å². The van der Waals surface area contributed by atoms with E-state index in [1.54, 1.807) is 44.6 Å². The molecule has 0 radical (unpaired) electrons. The van der Waals surface area contributed by atoms with Crippen molar-refractivity contribution in [3.63, 3.8) is 0 Å². The zero-order valence-corrected chi connectivity index (χ0v) is 15.4. The molecule has 0 aliphatic rings. The van der Waals surface area contributed by atoms with Crippen molar-refractivity contribution in [2.75, 3.05) is 19.5 Å². The number of carbonyl (C=O) groups is 1. The second-order valence-electron chi connectivity index (χ2n) is 5.55. The molecular weight excluding hydrogens is 352 g/mol. The van der Waals surface area contributed by atoms with Crippen molar-refractivity contribution in [3.05, 3.63) is 52.9 Å². The summed E-state index contributed by atoms with van der Waals surface area (Å²) in [6.07, 6.45) is 0. The fourth-order valence-corrected chi connectivity index (χ4v) is 3.23. The number of carbonyl (C=O) groups excluding carboxylic acids is 1. The first kappa shape index (κ1) is 17.8. The predicted molar refractivity (Wildman–Crippen MR) is 101 cm³/mol. The number of aromatic hydroxyl groups is 1. The maximum atomic E-state index is 12.6. The number of aromatic nitrogens is 1. The van der Waals surface area contributed by atoms with E-state index in [4.69, 9.17) is 9.47 Å². The summed E-state index contributed by atoms with van der Waals surface area (Å²) in [6, 6.07) is 10.1. The highest BCUT2D eigenvalue weighted by Gasteiger charge is 2.15. The number of methoxy groups -OCH3 is 2. The second kappa shape index (κ2) is 7.45. The average Bonchev–Trinajstić information content (AvgIpc) is 3.10. The van der Waals surface area contributed by atoms with Gasteiger partial charge in [0.05, 0.1) is 19.9 Å². The normalized spacial score (nSPS) is 10.4. The lowest BCUT2D eigenvalue weighted by molar-refractivity contribution is 0.102. The van der Waals surface area contributed by atoms with Gasteiger partial charge in [-0.1, -0.05) is 12.1 Å². The van der Waals surface area contributed by atoms with Crippen LogP contribution in [0.15, 0.2) is 41.8 Å². The molecule has 0 fully saturated rings. The van der Waals surface area contributed by atoms with Gasteiger partial charge in [-0.2, -0.15) is 0 Å². The molecule has 1 amide bonds.